The maximum Gasteiger partial charge on any atom is 0.137 e. The Morgan fingerprint density at radius 2 is 1.88 bits per heavy atom. The van der Waals surface area contributed by atoms with Crippen molar-refractivity contribution in [3.8, 4) is 0 Å². The molecule has 2 rings (SSSR count). The van der Waals surface area contributed by atoms with E-state index < -0.39 is 0 Å². The lowest BCUT2D eigenvalue weighted by molar-refractivity contribution is 0.617. The highest BCUT2D eigenvalue weighted by atomic mass is 127. The van der Waals surface area contributed by atoms with Gasteiger partial charge in [0.15, 0.2) is 0 Å². The van der Waals surface area contributed by atoms with E-state index in [-0.39, 0.29) is 5.82 Å². The molecule has 17 heavy (non-hydrogen) atoms. The van der Waals surface area contributed by atoms with Crippen molar-refractivity contribution in [1.82, 2.24) is 0 Å². The van der Waals surface area contributed by atoms with E-state index in [1.807, 2.05) is 46.9 Å². The molecule has 0 aliphatic rings. The van der Waals surface area contributed by atoms with Gasteiger partial charge in [-0.15, -0.1) is 0 Å². The molecule has 2 aromatic carbocycles. The van der Waals surface area contributed by atoms with Crippen LogP contribution in [0.5, 0.6) is 0 Å². The van der Waals surface area contributed by atoms with Crippen molar-refractivity contribution in [2.24, 2.45) is 0 Å². The van der Waals surface area contributed by atoms with Gasteiger partial charge in [-0.3, -0.25) is 0 Å². The molecule has 0 radical (unpaired) electrons. The largest absolute Gasteiger partial charge is 0.398 e. The van der Waals surface area contributed by atoms with Crippen molar-refractivity contribution in [1.29, 1.82) is 0 Å². The Morgan fingerprint density at radius 1 is 1.18 bits per heavy atom. The van der Waals surface area contributed by atoms with Gasteiger partial charge in [-0.05, 0) is 62.8 Å². The van der Waals surface area contributed by atoms with E-state index >= 15 is 0 Å². The number of nitrogen functional groups attached to an aromatic ring is 1. The first kappa shape index (κ1) is 13.2. The monoisotopic (exact) mass is 423 g/mol. The highest BCUT2D eigenvalue weighted by Gasteiger charge is 2.09. The number of rotatable bonds is 2. The van der Waals surface area contributed by atoms with Gasteiger partial charge in [0.1, 0.15) is 5.82 Å². The van der Waals surface area contributed by atoms with Crippen LogP contribution in [0.15, 0.2) is 50.7 Å². The van der Waals surface area contributed by atoms with Gasteiger partial charge in [-0.2, -0.15) is 0 Å². The number of nitrogens with two attached hydrogens (primary N) is 1. The van der Waals surface area contributed by atoms with Crippen LogP contribution < -0.4 is 5.73 Å². The molecular weight excluding hydrogens is 416 g/mol. The molecule has 0 unspecified atom stereocenters. The molecule has 88 valence electrons. The van der Waals surface area contributed by atoms with E-state index in [2.05, 4.69) is 15.9 Å². The number of halogens is 3. The summed E-state index contributed by atoms with van der Waals surface area (Å²) < 4.78 is 15.0. The summed E-state index contributed by atoms with van der Waals surface area (Å²) in [6.45, 7) is 0. The third kappa shape index (κ3) is 3.14. The standard InChI is InChI=1S/C12H8BrFINS/c13-7-3-1-2-4-11(7)17-12-5-8(14)9(15)6-10(12)16/h1-6H,16H2. The quantitative estimate of drug-likeness (QED) is 0.547. The molecule has 0 fully saturated rings. The molecule has 5 heteroatoms. The lowest BCUT2D eigenvalue weighted by Crippen LogP contribution is -1.92. The van der Waals surface area contributed by atoms with Crippen LogP contribution in [0.4, 0.5) is 10.1 Å². The Labute approximate surface area is 125 Å². The minimum absolute atomic E-state index is 0.241. The van der Waals surface area contributed by atoms with E-state index in [1.165, 1.54) is 17.8 Å². The van der Waals surface area contributed by atoms with Crippen molar-refractivity contribution in [2.45, 2.75) is 9.79 Å². The highest BCUT2D eigenvalue weighted by molar-refractivity contribution is 14.1. The molecule has 0 spiro atoms. The lowest BCUT2D eigenvalue weighted by atomic mass is 10.3. The summed E-state index contributed by atoms with van der Waals surface area (Å²) in [5, 5.41) is 0. The fourth-order valence-electron chi connectivity index (χ4n) is 1.28. The molecule has 0 saturated heterocycles. The SMILES string of the molecule is Nc1cc(I)c(F)cc1Sc1ccccc1Br. The predicted octanol–water partition coefficient (Wildman–Crippen LogP) is 4.93. The molecule has 0 aliphatic carbocycles. The smallest absolute Gasteiger partial charge is 0.137 e. The Morgan fingerprint density at radius 3 is 2.59 bits per heavy atom. The number of hydrogen-bond acceptors (Lipinski definition) is 2. The molecule has 0 atom stereocenters. The van der Waals surface area contributed by atoms with Crippen LogP contribution in [0, 0.1) is 9.39 Å². The Hall–Kier alpha value is -0.270. The van der Waals surface area contributed by atoms with Gasteiger partial charge in [0.05, 0.1) is 3.57 Å². The van der Waals surface area contributed by atoms with Gasteiger partial charge in [0.25, 0.3) is 0 Å². The minimum Gasteiger partial charge on any atom is -0.398 e. The fraction of sp³-hybridized carbons (Fsp3) is 0. The van der Waals surface area contributed by atoms with E-state index in [0.717, 1.165) is 14.3 Å². The molecule has 0 saturated carbocycles. The van der Waals surface area contributed by atoms with Gasteiger partial charge in [-0.1, -0.05) is 23.9 Å². The van der Waals surface area contributed by atoms with Gasteiger partial charge in [-0.25, -0.2) is 4.39 Å². The summed E-state index contributed by atoms with van der Waals surface area (Å²) in [6.07, 6.45) is 0. The van der Waals surface area contributed by atoms with E-state index in [1.54, 1.807) is 6.07 Å². The molecule has 0 bridgehead atoms. The van der Waals surface area contributed by atoms with Crippen LogP contribution in [0.2, 0.25) is 0 Å². The van der Waals surface area contributed by atoms with Crippen LogP contribution >= 0.6 is 50.3 Å². The van der Waals surface area contributed by atoms with Crippen LogP contribution in [-0.4, -0.2) is 0 Å². The zero-order chi connectivity index (χ0) is 12.4. The molecular formula is C12H8BrFINS. The van der Waals surface area contributed by atoms with Gasteiger partial charge >= 0.3 is 0 Å². The van der Waals surface area contributed by atoms with Crippen molar-refractivity contribution < 1.29 is 4.39 Å². The average Bonchev–Trinajstić information content (AvgIpc) is 2.29. The third-order valence-electron chi connectivity index (χ3n) is 2.11. The maximum atomic E-state index is 13.5. The first-order chi connectivity index (χ1) is 8.08. The number of benzene rings is 2. The second-order valence-corrected chi connectivity index (χ2v) is 6.44. The van der Waals surface area contributed by atoms with E-state index in [9.17, 15) is 4.39 Å². The molecule has 2 aromatic rings. The lowest BCUT2D eigenvalue weighted by Gasteiger charge is -2.08. The Bertz CT molecular complexity index is 562. The molecule has 0 amide bonds. The molecule has 0 aromatic heterocycles. The van der Waals surface area contributed by atoms with Gasteiger partial charge < -0.3 is 5.73 Å². The summed E-state index contributed by atoms with van der Waals surface area (Å²) in [5.41, 5.74) is 6.47. The maximum absolute atomic E-state index is 13.5. The van der Waals surface area contributed by atoms with Crippen LogP contribution in [-0.2, 0) is 0 Å². The average molecular weight is 424 g/mol. The summed E-state index contributed by atoms with van der Waals surface area (Å²) >= 11 is 6.83. The highest BCUT2D eigenvalue weighted by Crippen LogP contribution is 2.37. The summed E-state index contributed by atoms with van der Waals surface area (Å²) in [7, 11) is 0. The Balaban J connectivity index is 2.37. The van der Waals surface area contributed by atoms with E-state index in [0.29, 0.717) is 9.26 Å². The van der Waals surface area contributed by atoms with Gasteiger partial charge in [0, 0.05) is 20.0 Å². The minimum atomic E-state index is -0.241. The zero-order valence-corrected chi connectivity index (χ0v) is 13.1. The number of anilines is 1. The predicted molar refractivity (Wildman–Crippen MR) is 81.8 cm³/mol. The topological polar surface area (TPSA) is 26.0 Å². The van der Waals surface area contributed by atoms with Crippen LogP contribution in [0.25, 0.3) is 0 Å². The summed E-state index contributed by atoms with van der Waals surface area (Å²) in [6, 6.07) is 10.9. The van der Waals surface area contributed by atoms with Crippen LogP contribution in [0.1, 0.15) is 0 Å². The first-order valence-corrected chi connectivity index (χ1v) is 7.43. The second kappa shape index (κ2) is 5.58. The van der Waals surface area contributed by atoms with Crippen molar-refractivity contribution in [3.63, 3.8) is 0 Å². The van der Waals surface area contributed by atoms with Crippen molar-refractivity contribution in [3.05, 3.63) is 50.3 Å². The summed E-state index contributed by atoms with van der Waals surface area (Å²) in [5.74, 6) is -0.241. The second-order valence-electron chi connectivity index (χ2n) is 3.34. The molecule has 1 nitrogen and oxygen atoms in total. The number of hydrogen-bond donors (Lipinski definition) is 1. The third-order valence-corrected chi connectivity index (χ3v) is 5.04. The van der Waals surface area contributed by atoms with Crippen LogP contribution in [0.3, 0.4) is 0 Å². The van der Waals surface area contributed by atoms with Crippen molar-refractivity contribution in [2.75, 3.05) is 5.73 Å². The molecule has 0 aliphatic heterocycles. The fourth-order valence-corrected chi connectivity index (χ4v) is 3.19. The molecule has 0 heterocycles. The summed E-state index contributed by atoms with van der Waals surface area (Å²) in [4.78, 5) is 1.75. The van der Waals surface area contributed by atoms with Crippen molar-refractivity contribution >= 4 is 56.0 Å². The van der Waals surface area contributed by atoms with Gasteiger partial charge in [0.2, 0.25) is 0 Å². The normalized spacial score (nSPS) is 10.5. The zero-order valence-electron chi connectivity index (χ0n) is 8.58. The first-order valence-electron chi connectivity index (χ1n) is 4.75. The Kier molecular flexibility index (Phi) is 4.32. The molecule has 2 N–H and O–H groups in total. The van der Waals surface area contributed by atoms with E-state index in [4.69, 9.17) is 5.73 Å².